The minimum Gasteiger partial charge on any atom is -0.396 e. The molecule has 2 aromatic rings. The number of para-hydroxylation sites is 1. The molecule has 0 amide bonds. The van der Waals surface area contributed by atoms with Crippen LogP contribution in [0.4, 0.5) is 0 Å². The number of aliphatic hydroxyl groups excluding tert-OH is 1. The van der Waals surface area contributed by atoms with Gasteiger partial charge in [0.1, 0.15) is 0 Å². The van der Waals surface area contributed by atoms with E-state index in [0.29, 0.717) is 0 Å². The molecule has 0 unspecified atom stereocenters. The number of hydrogen-bond acceptors (Lipinski definition) is 4. The zero-order chi connectivity index (χ0) is 13.8. The largest absolute Gasteiger partial charge is 0.396 e. The number of benzene rings is 1. The van der Waals surface area contributed by atoms with Crippen molar-refractivity contribution in [3.63, 3.8) is 0 Å². The van der Waals surface area contributed by atoms with Crippen LogP contribution in [-0.4, -0.2) is 47.2 Å². The van der Waals surface area contributed by atoms with Gasteiger partial charge in [-0.15, -0.1) is 24.0 Å². The number of rotatable bonds is 5. The predicted octanol–water partition coefficient (Wildman–Crippen LogP) is 1.93. The van der Waals surface area contributed by atoms with Gasteiger partial charge in [-0.2, -0.15) is 0 Å². The highest BCUT2D eigenvalue weighted by atomic mass is 127. The number of aromatic nitrogens is 1. The lowest BCUT2D eigenvalue weighted by atomic mass is 10.1. The number of aromatic amines is 1. The quantitative estimate of drug-likeness (QED) is 0.673. The Bertz CT molecular complexity index is 610. The Balaban J connectivity index is 0.00000161. The van der Waals surface area contributed by atoms with Crippen molar-refractivity contribution in [2.75, 3.05) is 26.2 Å². The summed E-state index contributed by atoms with van der Waals surface area (Å²) in [6.45, 7) is 3.55. The van der Waals surface area contributed by atoms with E-state index in [-0.39, 0.29) is 30.6 Å². The average molecular weight is 400 g/mol. The summed E-state index contributed by atoms with van der Waals surface area (Å²) in [7, 11) is 0. The lowest BCUT2D eigenvalue weighted by molar-refractivity contribution is 0.264. The predicted molar refractivity (Wildman–Crippen MR) is 96.1 cm³/mol. The second kappa shape index (κ2) is 7.65. The van der Waals surface area contributed by atoms with Crippen molar-refractivity contribution in [3.05, 3.63) is 36.0 Å². The van der Waals surface area contributed by atoms with Crippen molar-refractivity contribution in [2.45, 2.75) is 13.0 Å². The van der Waals surface area contributed by atoms with Crippen LogP contribution in [0.1, 0.15) is 12.0 Å². The first-order chi connectivity index (χ1) is 9.88. The van der Waals surface area contributed by atoms with E-state index in [1.165, 1.54) is 10.9 Å². The molecule has 0 radical (unpaired) electrons. The Hall–Kier alpha value is -1.28. The lowest BCUT2D eigenvalue weighted by Gasteiger charge is -2.24. The number of nitrogens with zero attached hydrogens (tertiary/aromatic N) is 2. The number of aliphatic imine (C=N–C) groups is 1. The third-order valence-corrected chi connectivity index (χ3v) is 3.58. The van der Waals surface area contributed by atoms with Crippen molar-refractivity contribution in [3.8, 4) is 0 Å². The Kier molecular flexibility index (Phi) is 5.86. The van der Waals surface area contributed by atoms with Gasteiger partial charge in [-0.25, -0.2) is 0 Å². The van der Waals surface area contributed by atoms with Gasteiger partial charge in [-0.1, -0.05) is 18.2 Å². The molecule has 0 fully saturated rings. The van der Waals surface area contributed by atoms with E-state index in [9.17, 15) is 0 Å². The highest BCUT2D eigenvalue weighted by Gasteiger charge is 2.16. The summed E-state index contributed by atoms with van der Waals surface area (Å²) in [5, 5.41) is 13.6. The third kappa shape index (κ3) is 3.68. The summed E-state index contributed by atoms with van der Waals surface area (Å²) in [6.07, 6.45) is 2.81. The van der Waals surface area contributed by atoms with Crippen LogP contribution in [0.3, 0.4) is 0 Å². The molecule has 3 rings (SSSR count). The standard InChI is InChI=1S/C15H20N4O.HI/c20-9-3-8-19(15-16-6-7-17-15)11-12-10-18-14-5-2-1-4-13(12)14;/h1-2,4-5,10,18,20H,3,6-9,11H2,(H,16,17);1H. The molecule has 0 atom stereocenters. The van der Waals surface area contributed by atoms with E-state index in [1.807, 2.05) is 6.07 Å². The third-order valence-electron chi connectivity index (χ3n) is 3.58. The molecule has 114 valence electrons. The smallest absolute Gasteiger partial charge is 0.194 e. The maximum atomic E-state index is 9.06. The Labute approximate surface area is 141 Å². The zero-order valence-electron chi connectivity index (χ0n) is 11.9. The number of guanidine groups is 1. The normalized spacial score (nSPS) is 13.7. The summed E-state index contributed by atoms with van der Waals surface area (Å²) >= 11 is 0. The SMILES string of the molecule is I.OCCCN(Cc1c[nH]c2ccccc12)C1=NCCN1. The van der Waals surface area contributed by atoms with Gasteiger partial charge in [-0.3, -0.25) is 4.99 Å². The summed E-state index contributed by atoms with van der Waals surface area (Å²) in [5.41, 5.74) is 2.42. The molecule has 21 heavy (non-hydrogen) atoms. The molecule has 0 saturated carbocycles. The molecule has 0 spiro atoms. The van der Waals surface area contributed by atoms with Crippen LogP contribution in [0.5, 0.6) is 0 Å². The molecule has 1 aromatic heterocycles. The van der Waals surface area contributed by atoms with Crippen LogP contribution in [0.25, 0.3) is 10.9 Å². The number of halogens is 1. The van der Waals surface area contributed by atoms with E-state index in [2.05, 4.69) is 44.6 Å². The zero-order valence-corrected chi connectivity index (χ0v) is 14.2. The second-order valence-corrected chi connectivity index (χ2v) is 4.99. The monoisotopic (exact) mass is 400 g/mol. The molecule has 1 aromatic carbocycles. The van der Waals surface area contributed by atoms with Gasteiger partial charge in [-0.05, 0) is 18.1 Å². The Morgan fingerprint density at radius 2 is 2.14 bits per heavy atom. The van der Waals surface area contributed by atoms with Crippen LogP contribution < -0.4 is 5.32 Å². The number of H-pyrrole nitrogens is 1. The van der Waals surface area contributed by atoms with E-state index >= 15 is 0 Å². The molecule has 1 aliphatic rings. The molecule has 2 heterocycles. The molecular formula is C15H21IN4O. The van der Waals surface area contributed by atoms with Crippen molar-refractivity contribution >= 4 is 40.8 Å². The van der Waals surface area contributed by atoms with Crippen LogP contribution in [-0.2, 0) is 6.54 Å². The van der Waals surface area contributed by atoms with Gasteiger partial charge < -0.3 is 20.3 Å². The first kappa shape index (κ1) is 16.1. The number of nitrogens with one attached hydrogen (secondary N) is 2. The molecule has 6 heteroatoms. The summed E-state index contributed by atoms with van der Waals surface area (Å²) in [4.78, 5) is 10.0. The van der Waals surface area contributed by atoms with Crippen molar-refractivity contribution < 1.29 is 5.11 Å². The summed E-state index contributed by atoms with van der Waals surface area (Å²) < 4.78 is 0. The van der Waals surface area contributed by atoms with Gasteiger partial charge >= 0.3 is 0 Å². The van der Waals surface area contributed by atoms with Gasteiger partial charge in [0, 0.05) is 43.3 Å². The highest BCUT2D eigenvalue weighted by molar-refractivity contribution is 14.0. The highest BCUT2D eigenvalue weighted by Crippen LogP contribution is 2.19. The summed E-state index contributed by atoms with van der Waals surface area (Å²) in [6, 6.07) is 8.31. The van der Waals surface area contributed by atoms with Crippen molar-refractivity contribution in [1.82, 2.24) is 15.2 Å². The van der Waals surface area contributed by atoms with E-state index in [0.717, 1.165) is 44.1 Å². The van der Waals surface area contributed by atoms with Gasteiger partial charge in [0.2, 0.25) is 0 Å². The van der Waals surface area contributed by atoms with Gasteiger partial charge in [0.25, 0.3) is 0 Å². The lowest BCUT2D eigenvalue weighted by Crippen LogP contribution is -2.39. The maximum Gasteiger partial charge on any atom is 0.194 e. The fourth-order valence-corrected chi connectivity index (χ4v) is 2.59. The van der Waals surface area contributed by atoms with Crippen LogP contribution in [0.15, 0.2) is 35.5 Å². The van der Waals surface area contributed by atoms with E-state index in [1.54, 1.807) is 0 Å². The molecule has 1 aliphatic heterocycles. The first-order valence-electron chi connectivity index (χ1n) is 7.07. The van der Waals surface area contributed by atoms with Crippen LogP contribution >= 0.6 is 24.0 Å². The molecule has 5 nitrogen and oxygen atoms in total. The fourth-order valence-electron chi connectivity index (χ4n) is 2.59. The van der Waals surface area contributed by atoms with E-state index < -0.39 is 0 Å². The Morgan fingerprint density at radius 1 is 1.29 bits per heavy atom. The minimum absolute atomic E-state index is 0. The van der Waals surface area contributed by atoms with E-state index in [4.69, 9.17) is 5.11 Å². The molecule has 3 N–H and O–H groups in total. The van der Waals surface area contributed by atoms with Crippen molar-refractivity contribution in [2.24, 2.45) is 4.99 Å². The Morgan fingerprint density at radius 3 is 2.90 bits per heavy atom. The number of hydrogen-bond donors (Lipinski definition) is 3. The van der Waals surface area contributed by atoms with Crippen molar-refractivity contribution in [1.29, 1.82) is 0 Å². The molecular weight excluding hydrogens is 379 g/mol. The summed E-state index contributed by atoms with van der Waals surface area (Å²) in [5.74, 6) is 0.948. The maximum absolute atomic E-state index is 9.06. The number of fused-ring (bicyclic) bond motifs is 1. The molecule has 0 bridgehead atoms. The van der Waals surface area contributed by atoms with Gasteiger partial charge in [0.05, 0.1) is 6.54 Å². The van der Waals surface area contributed by atoms with Crippen LogP contribution in [0, 0.1) is 0 Å². The molecule has 0 aliphatic carbocycles. The second-order valence-electron chi connectivity index (χ2n) is 4.99. The fraction of sp³-hybridized carbons (Fsp3) is 0.400. The van der Waals surface area contributed by atoms with Crippen LogP contribution in [0.2, 0.25) is 0 Å². The van der Waals surface area contributed by atoms with Gasteiger partial charge in [0.15, 0.2) is 5.96 Å². The first-order valence-corrected chi connectivity index (χ1v) is 7.07. The number of aliphatic hydroxyl groups is 1. The molecule has 0 saturated heterocycles. The minimum atomic E-state index is 0. The average Bonchev–Trinajstić information content (AvgIpc) is 3.13. The topological polar surface area (TPSA) is 63.6 Å².